The van der Waals surface area contributed by atoms with Gasteiger partial charge < -0.3 is 10.4 Å². The minimum atomic E-state index is -0.0713. The largest absolute Gasteiger partial charge is 0.393 e. The zero-order valence-electron chi connectivity index (χ0n) is 16.3. The van der Waals surface area contributed by atoms with Crippen molar-refractivity contribution in [3.63, 3.8) is 0 Å². The Morgan fingerprint density at radius 1 is 0.731 bits per heavy atom. The van der Waals surface area contributed by atoms with Gasteiger partial charge in [0.1, 0.15) is 0 Å². The fraction of sp³-hybridized carbons (Fsp3) is 0.500. The van der Waals surface area contributed by atoms with Crippen molar-refractivity contribution in [3.05, 3.63) is 60.2 Å². The zero-order valence-corrected chi connectivity index (χ0v) is 16.3. The molecule has 2 nitrogen and oxygen atoms in total. The third kappa shape index (κ3) is 8.53. The highest BCUT2D eigenvalue weighted by molar-refractivity contribution is 5.59. The second-order valence-corrected chi connectivity index (χ2v) is 7.29. The lowest BCUT2D eigenvalue weighted by atomic mass is 10.0. The summed E-state index contributed by atoms with van der Waals surface area (Å²) in [7, 11) is 0. The van der Waals surface area contributed by atoms with Crippen molar-refractivity contribution in [2.75, 3.05) is 5.32 Å². The van der Waals surface area contributed by atoms with Crippen molar-refractivity contribution in [1.29, 1.82) is 0 Å². The average Bonchev–Trinajstić information content (AvgIpc) is 2.67. The average molecular weight is 354 g/mol. The van der Waals surface area contributed by atoms with Crippen molar-refractivity contribution in [1.82, 2.24) is 0 Å². The van der Waals surface area contributed by atoms with E-state index in [-0.39, 0.29) is 6.10 Å². The molecule has 2 aromatic rings. The molecule has 2 aromatic carbocycles. The molecule has 0 saturated heterocycles. The van der Waals surface area contributed by atoms with Crippen LogP contribution >= 0.6 is 0 Å². The summed E-state index contributed by atoms with van der Waals surface area (Å²) >= 11 is 0. The number of aryl methyl sites for hydroxylation is 1. The van der Waals surface area contributed by atoms with Crippen molar-refractivity contribution in [3.8, 4) is 0 Å². The number of aliphatic hydroxyl groups excluding tert-OH is 1. The fourth-order valence-corrected chi connectivity index (χ4v) is 3.27. The number of aliphatic hydroxyl groups is 1. The van der Waals surface area contributed by atoms with Crippen LogP contribution in [0.1, 0.15) is 70.3 Å². The molecular weight excluding hydrogens is 318 g/mol. The molecule has 0 heterocycles. The first-order valence-corrected chi connectivity index (χ1v) is 10.4. The predicted molar refractivity (Wildman–Crippen MR) is 113 cm³/mol. The van der Waals surface area contributed by atoms with E-state index in [9.17, 15) is 5.11 Å². The Hall–Kier alpha value is -1.80. The van der Waals surface area contributed by atoms with Crippen LogP contribution in [0.15, 0.2) is 54.6 Å². The van der Waals surface area contributed by atoms with Crippen LogP contribution < -0.4 is 5.32 Å². The van der Waals surface area contributed by atoms with Crippen LogP contribution in [0.4, 0.5) is 11.4 Å². The molecule has 0 amide bonds. The lowest BCUT2D eigenvalue weighted by Gasteiger charge is -2.09. The Kier molecular flexibility index (Phi) is 9.89. The normalized spacial score (nSPS) is 12.1. The molecule has 0 aliphatic heterocycles. The van der Waals surface area contributed by atoms with Gasteiger partial charge in [-0.05, 0) is 55.5 Å². The first-order chi connectivity index (χ1) is 12.8. The smallest absolute Gasteiger partial charge is 0.0540 e. The van der Waals surface area contributed by atoms with Gasteiger partial charge in [-0.2, -0.15) is 0 Å². The minimum Gasteiger partial charge on any atom is -0.393 e. The van der Waals surface area contributed by atoms with Crippen LogP contribution in [0.5, 0.6) is 0 Å². The molecule has 0 aliphatic rings. The zero-order chi connectivity index (χ0) is 18.5. The summed E-state index contributed by atoms with van der Waals surface area (Å²) in [5.74, 6) is 0. The highest BCUT2D eigenvalue weighted by atomic mass is 16.3. The monoisotopic (exact) mass is 353 g/mol. The fourth-order valence-electron chi connectivity index (χ4n) is 3.27. The Bertz CT molecular complexity index is 579. The van der Waals surface area contributed by atoms with Crippen LogP contribution in [0.2, 0.25) is 0 Å². The third-order valence-corrected chi connectivity index (χ3v) is 4.91. The highest BCUT2D eigenvalue weighted by Crippen LogP contribution is 2.18. The second-order valence-electron chi connectivity index (χ2n) is 7.29. The van der Waals surface area contributed by atoms with Crippen molar-refractivity contribution < 1.29 is 5.11 Å². The molecule has 2 rings (SSSR count). The number of nitrogens with one attached hydrogen (secondary N) is 1. The summed E-state index contributed by atoms with van der Waals surface area (Å²) in [6.45, 7) is 2.18. The van der Waals surface area contributed by atoms with Gasteiger partial charge in [-0.25, -0.2) is 0 Å². The summed E-state index contributed by atoms with van der Waals surface area (Å²) in [5.41, 5.74) is 3.68. The SMILES string of the molecule is CCCCC(O)CCCCCCCc1ccc(Nc2ccccc2)cc1. The van der Waals surface area contributed by atoms with Crippen LogP contribution in [0, 0.1) is 0 Å². The molecule has 1 unspecified atom stereocenters. The number of anilines is 2. The van der Waals surface area contributed by atoms with E-state index in [1.165, 1.54) is 44.1 Å². The van der Waals surface area contributed by atoms with E-state index in [0.29, 0.717) is 0 Å². The maximum atomic E-state index is 9.84. The number of hydrogen-bond donors (Lipinski definition) is 2. The molecule has 2 heteroatoms. The molecule has 0 spiro atoms. The quantitative estimate of drug-likeness (QED) is 0.385. The van der Waals surface area contributed by atoms with Gasteiger partial charge in [-0.3, -0.25) is 0 Å². The van der Waals surface area contributed by atoms with E-state index in [1.807, 2.05) is 18.2 Å². The topological polar surface area (TPSA) is 32.3 Å². The first-order valence-electron chi connectivity index (χ1n) is 10.4. The molecule has 0 aromatic heterocycles. The van der Waals surface area contributed by atoms with Gasteiger partial charge in [0, 0.05) is 11.4 Å². The summed E-state index contributed by atoms with van der Waals surface area (Å²) in [5, 5.41) is 13.3. The van der Waals surface area contributed by atoms with E-state index < -0.39 is 0 Å². The van der Waals surface area contributed by atoms with Gasteiger partial charge >= 0.3 is 0 Å². The Balaban J connectivity index is 1.54. The second kappa shape index (κ2) is 12.5. The molecule has 26 heavy (non-hydrogen) atoms. The molecule has 1 atom stereocenters. The van der Waals surface area contributed by atoms with Crippen LogP contribution in [0.3, 0.4) is 0 Å². The van der Waals surface area contributed by atoms with Crippen molar-refractivity contribution in [2.24, 2.45) is 0 Å². The summed E-state index contributed by atoms with van der Waals surface area (Å²) in [6.07, 6.45) is 11.6. The number of benzene rings is 2. The molecule has 2 N–H and O–H groups in total. The molecular formula is C24H35NO. The Labute approximate surface area is 159 Å². The van der Waals surface area contributed by atoms with E-state index in [1.54, 1.807) is 0 Å². The number of para-hydroxylation sites is 1. The molecule has 0 radical (unpaired) electrons. The van der Waals surface area contributed by atoms with E-state index in [4.69, 9.17) is 0 Å². The van der Waals surface area contributed by atoms with Gasteiger partial charge in [0.15, 0.2) is 0 Å². The van der Waals surface area contributed by atoms with Crippen LogP contribution in [-0.2, 0) is 6.42 Å². The third-order valence-electron chi connectivity index (χ3n) is 4.91. The molecule has 0 bridgehead atoms. The van der Waals surface area contributed by atoms with E-state index in [0.717, 1.165) is 37.1 Å². The molecule has 0 fully saturated rings. The van der Waals surface area contributed by atoms with Gasteiger partial charge in [0.25, 0.3) is 0 Å². The standard InChI is InChI=1S/C24H35NO/c1-2-3-15-24(26)16-11-6-4-5-8-12-21-17-19-23(20-18-21)25-22-13-9-7-10-14-22/h7,9-10,13-14,17-20,24-26H,2-6,8,11-12,15-16H2,1H3. The Morgan fingerprint density at radius 3 is 2.08 bits per heavy atom. The summed E-state index contributed by atoms with van der Waals surface area (Å²) < 4.78 is 0. The first kappa shape index (κ1) is 20.5. The highest BCUT2D eigenvalue weighted by Gasteiger charge is 2.02. The number of rotatable bonds is 13. The number of hydrogen-bond acceptors (Lipinski definition) is 2. The summed E-state index contributed by atoms with van der Waals surface area (Å²) in [6, 6.07) is 19.1. The maximum Gasteiger partial charge on any atom is 0.0540 e. The van der Waals surface area contributed by atoms with E-state index >= 15 is 0 Å². The summed E-state index contributed by atoms with van der Waals surface area (Å²) in [4.78, 5) is 0. The lowest BCUT2D eigenvalue weighted by molar-refractivity contribution is 0.148. The van der Waals surface area contributed by atoms with Gasteiger partial charge in [0.05, 0.1) is 6.10 Å². The maximum absolute atomic E-state index is 9.84. The van der Waals surface area contributed by atoms with Gasteiger partial charge in [-0.1, -0.05) is 75.8 Å². The Morgan fingerprint density at radius 2 is 1.35 bits per heavy atom. The van der Waals surface area contributed by atoms with Crippen molar-refractivity contribution >= 4 is 11.4 Å². The van der Waals surface area contributed by atoms with E-state index in [2.05, 4.69) is 48.6 Å². The van der Waals surface area contributed by atoms with Crippen LogP contribution in [0.25, 0.3) is 0 Å². The van der Waals surface area contributed by atoms with Crippen molar-refractivity contribution in [2.45, 2.75) is 77.2 Å². The number of unbranched alkanes of at least 4 members (excludes halogenated alkanes) is 5. The van der Waals surface area contributed by atoms with Gasteiger partial charge in [-0.15, -0.1) is 0 Å². The van der Waals surface area contributed by atoms with Gasteiger partial charge in [0.2, 0.25) is 0 Å². The predicted octanol–water partition coefficient (Wildman–Crippen LogP) is 6.86. The lowest BCUT2D eigenvalue weighted by Crippen LogP contribution is -2.05. The molecule has 142 valence electrons. The molecule has 0 saturated carbocycles. The molecule has 0 aliphatic carbocycles. The minimum absolute atomic E-state index is 0.0713. The van der Waals surface area contributed by atoms with Crippen LogP contribution in [-0.4, -0.2) is 11.2 Å².